The Morgan fingerprint density at radius 2 is 2.23 bits per heavy atom. The number of hydrogen-bond acceptors (Lipinski definition) is 3. The van der Waals surface area contributed by atoms with Crippen molar-refractivity contribution < 1.29 is 4.39 Å². The highest BCUT2D eigenvalue weighted by Crippen LogP contribution is 2.23. The summed E-state index contributed by atoms with van der Waals surface area (Å²) in [5.41, 5.74) is 6.71. The first-order valence-electron chi connectivity index (χ1n) is 3.84. The van der Waals surface area contributed by atoms with Crippen LogP contribution in [0.1, 0.15) is 5.69 Å². The first kappa shape index (κ1) is 7.97. The lowest BCUT2D eigenvalue weighted by atomic mass is 10.2. The zero-order chi connectivity index (χ0) is 9.59. The van der Waals surface area contributed by atoms with Crippen molar-refractivity contribution in [3.8, 4) is 0 Å². The summed E-state index contributed by atoms with van der Waals surface area (Å²) in [5.74, 6) is -0.0747. The van der Waals surface area contributed by atoms with Gasteiger partial charge in [0, 0.05) is 7.05 Å². The second-order valence-corrected chi connectivity index (χ2v) is 2.92. The van der Waals surface area contributed by atoms with Crippen LogP contribution in [0.2, 0.25) is 0 Å². The molecule has 13 heavy (non-hydrogen) atoms. The van der Waals surface area contributed by atoms with Gasteiger partial charge in [0.05, 0.1) is 17.3 Å². The van der Waals surface area contributed by atoms with Crippen LogP contribution in [0.25, 0.3) is 10.9 Å². The molecule has 0 aromatic carbocycles. The van der Waals surface area contributed by atoms with Gasteiger partial charge in [-0.15, -0.1) is 0 Å². The van der Waals surface area contributed by atoms with Crippen molar-refractivity contribution in [2.75, 3.05) is 5.73 Å². The normalized spacial score (nSPS) is 11.0. The second-order valence-electron chi connectivity index (χ2n) is 2.92. The first-order valence-corrected chi connectivity index (χ1v) is 3.84. The van der Waals surface area contributed by atoms with E-state index in [4.69, 9.17) is 5.73 Å². The fourth-order valence-corrected chi connectivity index (χ4v) is 1.49. The van der Waals surface area contributed by atoms with Gasteiger partial charge in [0.25, 0.3) is 0 Å². The molecule has 0 unspecified atom stereocenters. The second kappa shape index (κ2) is 2.42. The number of nitrogens with zero attached hydrogens (tertiary/aromatic N) is 3. The maximum absolute atomic E-state index is 13.3. The van der Waals surface area contributed by atoms with Crippen molar-refractivity contribution in [1.82, 2.24) is 14.8 Å². The molecule has 0 aliphatic carbocycles. The van der Waals surface area contributed by atoms with E-state index in [9.17, 15) is 4.39 Å². The highest BCUT2D eigenvalue weighted by molar-refractivity contribution is 5.90. The molecule has 0 saturated carbocycles. The van der Waals surface area contributed by atoms with E-state index in [1.807, 2.05) is 0 Å². The maximum Gasteiger partial charge on any atom is 0.167 e. The first-order chi connectivity index (χ1) is 6.11. The van der Waals surface area contributed by atoms with Gasteiger partial charge in [-0.2, -0.15) is 5.10 Å². The third-order valence-corrected chi connectivity index (χ3v) is 2.02. The van der Waals surface area contributed by atoms with Crippen LogP contribution in [0.15, 0.2) is 6.20 Å². The highest BCUT2D eigenvalue weighted by atomic mass is 19.1. The Balaban J connectivity index is 3.03. The number of halogens is 1. The fraction of sp³-hybridized carbons (Fsp3) is 0.250. The lowest BCUT2D eigenvalue weighted by molar-refractivity contribution is 0.620. The summed E-state index contributed by atoms with van der Waals surface area (Å²) < 4.78 is 14.7. The van der Waals surface area contributed by atoms with Gasteiger partial charge in [0.15, 0.2) is 5.82 Å². The van der Waals surface area contributed by atoms with Crippen LogP contribution >= 0.6 is 0 Å². The fourth-order valence-electron chi connectivity index (χ4n) is 1.49. The van der Waals surface area contributed by atoms with Crippen LogP contribution in [-0.4, -0.2) is 14.8 Å². The molecule has 0 saturated heterocycles. The Morgan fingerprint density at radius 1 is 1.54 bits per heavy atom. The van der Waals surface area contributed by atoms with Gasteiger partial charge in [-0.3, -0.25) is 4.68 Å². The van der Waals surface area contributed by atoms with Crippen molar-refractivity contribution in [3.05, 3.63) is 17.7 Å². The number of hydrogen-bond donors (Lipinski definition) is 1. The van der Waals surface area contributed by atoms with Crippen molar-refractivity contribution >= 4 is 16.7 Å². The molecule has 0 aliphatic heterocycles. The molecule has 0 amide bonds. The van der Waals surface area contributed by atoms with E-state index in [0.29, 0.717) is 22.4 Å². The smallest absolute Gasteiger partial charge is 0.167 e. The van der Waals surface area contributed by atoms with Crippen LogP contribution < -0.4 is 5.73 Å². The van der Waals surface area contributed by atoms with Crippen LogP contribution in [-0.2, 0) is 7.05 Å². The van der Waals surface area contributed by atoms with E-state index < -0.39 is 5.82 Å². The zero-order valence-electron chi connectivity index (χ0n) is 7.37. The van der Waals surface area contributed by atoms with Gasteiger partial charge in [-0.1, -0.05) is 0 Å². The molecule has 0 spiro atoms. The molecular weight excluding hydrogens is 171 g/mol. The molecule has 2 N–H and O–H groups in total. The molecule has 0 aliphatic rings. The van der Waals surface area contributed by atoms with Crippen LogP contribution in [0.5, 0.6) is 0 Å². The summed E-state index contributed by atoms with van der Waals surface area (Å²) in [5, 5.41) is 4.67. The van der Waals surface area contributed by atoms with Crippen LogP contribution in [0, 0.1) is 12.7 Å². The summed E-state index contributed by atoms with van der Waals surface area (Å²) in [6.07, 6.45) is 1.11. The Bertz CT molecular complexity index is 432. The van der Waals surface area contributed by atoms with Gasteiger partial charge in [0.1, 0.15) is 11.3 Å². The number of rotatable bonds is 0. The molecule has 0 atom stereocenters. The van der Waals surface area contributed by atoms with Crippen LogP contribution in [0.4, 0.5) is 10.2 Å². The molecular formula is C8H9FN4. The van der Waals surface area contributed by atoms with E-state index in [1.54, 1.807) is 14.0 Å². The van der Waals surface area contributed by atoms with E-state index in [-0.39, 0.29) is 0 Å². The Morgan fingerprint density at radius 3 is 2.85 bits per heavy atom. The summed E-state index contributed by atoms with van der Waals surface area (Å²) in [6.45, 7) is 1.78. The predicted molar refractivity (Wildman–Crippen MR) is 47.6 cm³/mol. The average Bonchev–Trinajstić information content (AvgIpc) is 2.36. The number of aryl methyl sites for hydroxylation is 2. The number of pyridine rings is 1. The van der Waals surface area contributed by atoms with Crippen molar-refractivity contribution in [3.63, 3.8) is 0 Å². The largest absolute Gasteiger partial charge is 0.383 e. The lowest BCUT2D eigenvalue weighted by Crippen LogP contribution is -1.96. The predicted octanol–water partition coefficient (Wildman–Crippen LogP) is 0.998. The minimum Gasteiger partial charge on any atom is -0.383 e. The molecule has 0 radical (unpaired) electrons. The van der Waals surface area contributed by atoms with Gasteiger partial charge in [0.2, 0.25) is 0 Å². The molecule has 5 heteroatoms. The van der Waals surface area contributed by atoms with Crippen LogP contribution in [0.3, 0.4) is 0 Å². The number of fused-ring (bicyclic) bond motifs is 1. The van der Waals surface area contributed by atoms with Crippen molar-refractivity contribution in [1.29, 1.82) is 0 Å². The SMILES string of the molecule is Cc1nn(C)c2c(F)cnc(N)c12. The third kappa shape index (κ3) is 0.965. The summed E-state index contributed by atoms with van der Waals surface area (Å²) in [7, 11) is 1.68. The number of anilines is 1. The minimum atomic E-state index is -0.396. The standard InChI is InChI=1S/C8H9FN4/c1-4-6-7(13(2)12-4)5(9)3-11-8(6)10/h3H,1-2H3,(H2,10,11). The molecule has 0 fully saturated rings. The van der Waals surface area contributed by atoms with Gasteiger partial charge >= 0.3 is 0 Å². The van der Waals surface area contributed by atoms with E-state index in [0.717, 1.165) is 6.20 Å². The maximum atomic E-state index is 13.3. The summed E-state index contributed by atoms with van der Waals surface area (Å²) in [4.78, 5) is 3.73. The Labute approximate surface area is 74.2 Å². The molecule has 2 aromatic heterocycles. The molecule has 68 valence electrons. The molecule has 0 bridgehead atoms. The minimum absolute atomic E-state index is 0.321. The summed E-state index contributed by atoms with van der Waals surface area (Å²) in [6, 6.07) is 0. The molecule has 4 nitrogen and oxygen atoms in total. The van der Waals surface area contributed by atoms with Gasteiger partial charge in [-0.25, -0.2) is 9.37 Å². The van der Waals surface area contributed by atoms with Crippen molar-refractivity contribution in [2.45, 2.75) is 6.92 Å². The third-order valence-electron chi connectivity index (χ3n) is 2.02. The zero-order valence-corrected chi connectivity index (χ0v) is 7.37. The monoisotopic (exact) mass is 180 g/mol. The topological polar surface area (TPSA) is 56.7 Å². The molecule has 2 heterocycles. The average molecular weight is 180 g/mol. The van der Waals surface area contributed by atoms with Gasteiger partial charge in [-0.05, 0) is 6.92 Å². The lowest BCUT2D eigenvalue weighted by Gasteiger charge is -1.97. The number of nitrogen functional groups attached to an aromatic ring is 1. The molecule has 2 rings (SSSR count). The highest BCUT2D eigenvalue weighted by Gasteiger charge is 2.12. The van der Waals surface area contributed by atoms with Gasteiger partial charge < -0.3 is 5.73 Å². The van der Waals surface area contributed by atoms with Crippen molar-refractivity contribution in [2.24, 2.45) is 7.05 Å². The van der Waals surface area contributed by atoms with E-state index in [2.05, 4.69) is 10.1 Å². The Kier molecular flexibility index (Phi) is 1.48. The van der Waals surface area contributed by atoms with E-state index in [1.165, 1.54) is 4.68 Å². The summed E-state index contributed by atoms with van der Waals surface area (Å²) >= 11 is 0. The quantitative estimate of drug-likeness (QED) is 0.658. The number of aromatic nitrogens is 3. The number of nitrogens with two attached hydrogens (primary N) is 1. The Hall–Kier alpha value is -1.65. The van der Waals surface area contributed by atoms with E-state index >= 15 is 0 Å². The molecule has 2 aromatic rings.